The molecule has 0 radical (unpaired) electrons. The minimum atomic E-state index is -2.38. The summed E-state index contributed by atoms with van der Waals surface area (Å²) in [5, 5.41) is 21.3. The van der Waals surface area contributed by atoms with Gasteiger partial charge < -0.3 is 9.26 Å². The van der Waals surface area contributed by atoms with Crippen LogP contribution in [0.1, 0.15) is 32.4 Å². The van der Waals surface area contributed by atoms with Crippen LogP contribution in [0, 0.1) is 22.7 Å². The largest absolute Gasteiger partial charge is 0.387 e. The van der Waals surface area contributed by atoms with Gasteiger partial charge in [-0.1, -0.05) is 48.8 Å². The van der Waals surface area contributed by atoms with E-state index in [4.69, 9.17) is 9.26 Å². The number of hydrogen-bond acceptors (Lipinski definition) is 5. The van der Waals surface area contributed by atoms with Crippen LogP contribution >= 0.6 is 15.9 Å². The summed E-state index contributed by atoms with van der Waals surface area (Å²) < 4.78 is 7.26. The molecule has 1 rings (SSSR count). The maximum Gasteiger partial charge on any atom is 0.254 e. The molecule has 5 nitrogen and oxygen atoms in total. The van der Waals surface area contributed by atoms with E-state index in [0.29, 0.717) is 0 Å². The highest BCUT2D eigenvalue weighted by atomic mass is 79.9. The second-order valence-corrected chi connectivity index (χ2v) is 13.1. The molecule has 1 aromatic carbocycles. The van der Waals surface area contributed by atoms with Crippen molar-refractivity contribution in [1.82, 2.24) is 5.06 Å². The van der Waals surface area contributed by atoms with Gasteiger partial charge in [-0.05, 0) is 35.8 Å². The zero-order chi connectivity index (χ0) is 19.5. The van der Waals surface area contributed by atoms with Gasteiger partial charge in [0, 0.05) is 11.5 Å². The first-order chi connectivity index (χ1) is 11.4. The monoisotopic (exact) mass is 423 g/mol. The van der Waals surface area contributed by atoms with Crippen LogP contribution in [0.5, 0.6) is 0 Å². The molecule has 0 amide bonds. The van der Waals surface area contributed by atoms with Crippen molar-refractivity contribution in [1.29, 1.82) is 10.5 Å². The fourth-order valence-corrected chi connectivity index (χ4v) is 3.83. The molecular formula is C18H26BrN3O2Si. The molecule has 1 atom stereocenters. The number of likely N-dealkylation sites (N-methyl/N-ethyl adjacent to an activating group) is 1. The third-order valence-electron chi connectivity index (χ3n) is 4.78. The lowest BCUT2D eigenvalue weighted by atomic mass is 9.91. The van der Waals surface area contributed by atoms with Gasteiger partial charge in [0.2, 0.25) is 0 Å². The van der Waals surface area contributed by atoms with Crippen LogP contribution in [0.3, 0.4) is 0 Å². The first kappa shape index (κ1) is 21.8. The van der Waals surface area contributed by atoms with Gasteiger partial charge in [0.1, 0.15) is 18.2 Å². The van der Waals surface area contributed by atoms with Gasteiger partial charge in [-0.2, -0.15) is 15.6 Å². The normalized spacial score (nSPS) is 14.0. The molecule has 0 aliphatic carbocycles. The number of rotatable bonds is 6. The van der Waals surface area contributed by atoms with Crippen LogP contribution in [0.25, 0.3) is 0 Å². The van der Waals surface area contributed by atoms with Crippen molar-refractivity contribution in [2.45, 2.75) is 50.5 Å². The summed E-state index contributed by atoms with van der Waals surface area (Å²) in [5.41, 5.74) is -0.906. The summed E-state index contributed by atoms with van der Waals surface area (Å²) in [6.07, 6.45) is 0. The zero-order valence-corrected chi connectivity index (χ0v) is 18.5. The van der Waals surface area contributed by atoms with Crippen molar-refractivity contribution < 1.29 is 9.26 Å². The van der Waals surface area contributed by atoms with E-state index in [1.807, 2.05) is 37.4 Å². The number of hydrogen-bond donors (Lipinski definition) is 0. The van der Waals surface area contributed by atoms with E-state index in [9.17, 15) is 10.5 Å². The van der Waals surface area contributed by atoms with E-state index < -0.39 is 20.0 Å². The van der Waals surface area contributed by atoms with E-state index in [1.165, 1.54) is 12.2 Å². The van der Waals surface area contributed by atoms with Gasteiger partial charge in [-0.3, -0.25) is 0 Å². The molecule has 0 bridgehead atoms. The van der Waals surface area contributed by atoms with E-state index in [-0.39, 0.29) is 5.04 Å². The summed E-state index contributed by atoms with van der Waals surface area (Å²) in [4.78, 5) is 5.36. The molecule has 0 N–H and O–H groups in total. The average molecular weight is 424 g/mol. The van der Waals surface area contributed by atoms with Crippen LogP contribution in [0.2, 0.25) is 18.1 Å². The molecule has 0 saturated carbocycles. The van der Waals surface area contributed by atoms with Gasteiger partial charge in [-0.15, -0.1) is 0 Å². The molecule has 1 unspecified atom stereocenters. The first-order valence-corrected chi connectivity index (χ1v) is 11.7. The third kappa shape index (κ3) is 4.69. The number of benzene rings is 1. The number of nitrogens with zero attached hydrogens (tertiary/aromatic N) is 3. The number of halogens is 1. The quantitative estimate of drug-likeness (QED) is 0.485. The fourth-order valence-electron chi connectivity index (χ4n) is 2.26. The van der Waals surface area contributed by atoms with Gasteiger partial charge in [-0.25, -0.2) is 0 Å². The molecular weight excluding hydrogens is 398 g/mol. The van der Waals surface area contributed by atoms with Gasteiger partial charge in [0.15, 0.2) is 8.32 Å². The average Bonchev–Trinajstić information content (AvgIpc) is 2.54. The molecule has 7 heteroatoms. The van der Waals surface area contributed by atoms with E-state index >= 15 is 0 Å². The lowest BCUT2D eigenvalue weighted by Gasteiger charge is -2.44. The SMILES string of the molecule is CON(C)C(c1ccc(Br)cc1)C(C#N)(C#N)O[Si](C)(C)C(C)(C)C. The second kappa shape index (κ2) is 7.99. The second-order valence-electron chi connectivity index (χ2n) is 7.50. The predicted molar refractivity (Wildman–Crippen MR) is 104 cm³/mol. The van der Waals surface area contributed by atoms with Crippen LogP contribution in [0.15, 0.2) is 28.7 Å². The third-order valence-corrected chi connectivity index (χ3v) is 9.75. The predicted octanol–water partition coefficient (Wildman–Crippen LogP) is 4.79. The van der Waals surface area contributed by atoms with Crippen molar-refractivity contribution in [2.24, 2.45) is 0 Å². The van der Waals surface area contributed by atoms with E-state index in [1.54, 1.807) is 7.05 Å². The van der Waals surface area contributed by atoms with E-state index in [0.717, 1.165) is 10.0 Å². The summed E-state index contributed by atoms with van der Waals surface area (Å²) in [5.74, 6) is 0. The number of hydroxylamine groups is 2. The van der Waals surface area contributed by atoms with Gasteiger partial charge in [0.25, 0.3) is 5.60 Å². The maximum absolute atomic E-state index is 9.97. The van der Waals surface area contributed by atoms with E-state index in [2.05, 4.69) is 48.8 Å². The molecule has 1 aromatic rings. The summed E-state index contributed by atoms with van der Waals surface area (Å²) in [6, 6.07) is 11.1. The molecule has 136 valence electrons. The summed E-state index contributed by atoms with van der Waals surface area (Å²) >= 11 is 3.41. The molecule has 25 heavy (non-hydrogen) atoms. The fraction of sp³-hybridized carbons (Fsp3) is 0.556. The molecule has 0 heterocycles. The molecule has 0 fully saturated rings. The Morgan fingerprint density at radius 3 is 1.96 bits per heavy atom. The van der Waals surface area contributed by atoms with Crippen LogP contribution < -0.4 is 0 Å². The highest BCUT2D eigenvalue weighted by Crippen LogP contribution is 2.43. The Balaban J connectivity index is 3.51. The standard InChI is InChI=1S/C18H26BrN3O2Si/c1-17(2,3)25(6,7)24-18(12-20,13-21)16(22(4)23-5)14-8-10-15(19)11-9-14/h8-11,16H,1-7H3. The van der Waals surface area contributed by atoms with Gasteiger partial charge >= 0.3 is 0 Å². The Morgan fingerprint density at radius 2 is 1.60 bits per heavy atom. The summed E-state index contributed by atoms with van der Waals surface area (Å²) in [6.45, 7) is 10.3. The Labute approximate surface area is 160 Å². The highest BCUT2D eigenvalue weighted by Gasteiger charge is 2.52. The molecule has 0 aliphatic rings. The maximum atomic E-state index is 9.97. The lowest BCUT2D eigenvalue weighted by Crippen LogP contribution is -2.54. The Morgan fingerprint density at radius 1 is 1.12 bits per heavy atom. The number of nitriles is 2. The van der Waals surface area contributed by atoms with Crippen molar-refractivity contribution in [3.8, 4) is 12.1 Å². The minimum absolute atomic E-state index is 0.137. The van der Waals surface area contributed by atoms with Crippen molar-refractivity contribution >= 4 is 24.2 Å². The topological polar surface area (TPSA) is 69.3 Å². The Kier molecular flexibility index (Phi) is 6.97. The smallest absolute Gasteiger partial charge is 0.254 e. The van der Waals surface area contributed by atoms with Crippen LogP contribution in [-0.2, 0) is 9.26 Å². The van der Waals surface area contributed by atoms with Crippen molar-refractivity contribution in [3.05, 3.63) is 34.3 Å². The first-order valence-electron chi connectivity index (χ1n) is 7.99. The zero-order valence-electron chi connectivity index (χ0n) is 15.9. The molecule has 0 spiro atoms. The van der Waals surface area contributed by atoms with Crippen molar-refractivity contribution in [2.75, 3.05) is 14.2 Å². The lowest BCUT2D eigenvalue weighted by molar-refractivity contribution is -0.169. The Hall–Kier alpha value is -1.22. The summed E-state index contributed by atoms with van der Waals surface area (Å²) in [7, 11) is 0.827. The van der Waals surface area contributed by atoms with Crippen LogP contribution in [-0.4, -0.2) is 33.1 Å². The van der Waals surface area contributed by atoms with Gasteiger partial charge in [0.05, 0.1) is 7.11 Å². The van der Waals surface area contributed by atoms with Crippen molar-refractivity contribution in [3.63, 3.8) is 0 Å². The highest BCUT2D eigenvalue weighted by molar-refractivity contribution is 9.10. The molecule has 0 aromatic heterocycles. The Bertz CT molecular complexity index is 658. The minimum Gasteiger partial charge on any atom is -0.387 e. The molecule has 0 saturated heterocycles. The van der Waals surface area contributed by atoms with Crippen LogP contribution in [0.4, 0.5) is 0 Å². The molecule has 0 aliphatic heterocycles.